The largest absolute Gasteiger partial charge is 0.491 e. The molecule has 0 spiro atoms. The number of carbonyl (C=O) groups excluding carboxylic acids is 1. The summed E-state index contributed by atoms with van der Waals surface area (Å²) in [4.78, 5) is 11.6. The van der Waals surface area contributed by atoms with Crippen LogP contribution in [-0.2, 0) is 0 Å². The summed E-state index contributed by atoms with van der Waals surface area (Å²) in [7, 11) is 0. The first-order chi connectivity index (χ1) is 13.2. The van der Waals surface area contributed by atoms with Crippen LogP contribution >= 0.6 is 11.8 Å². The lowest BCUT2D eigenvalue weighted by Gasteiger charge is -2.12. The number of aliphatic hydroxyl groups is 1. The number of benzene rings is 2. The Morgan fingerprint density at radius 3 is 2.63 bits per heavy atom. The molecule has 1 atom stereocenters. The Morgan fingerprint density at radius 2 is 1.93 bits per heavy atom. The number of ketones is 1. The molecule has 3 rings (SSSR count). The Bertz CT molecular complexity index is 868. The van der Waals surface area contributed by atoms with Gasteiger partial charge in [0.05, 0.1) is 11.8 Å². The third-order valence-electron chi connectivity index (χ3n) is 3.79. The first kappa shape index (κ1) is 19.1. The lowest BCUT2D eigenvalue weighted by atomic mass is 10.1. The van der Waals surface area contributed by atoms with E-state index in [0.717, 1.165) is 5.69 Å². The van der Waals surface area contributed by atoms with E-state index in [-0.39, 0.29) is 12.4 Å². The minimum Gasteiger partial charge on any atom is -0.491 e. The second-order valence-electron chi connectivity index (χ2n) is 5.79. The van der Waals surface area contributed by atoms with Crippen LogP contribution < -0.4 is 4.74 Å². The van der Waals surface area contributed by atoms with Gasteiger partial charge in [0.15, 0.2) is 5.78 Å². The molecule has 0 bridgehead atoms. The fraction of sp³-hybridized carbons (Fsp3) is 0.263. The zero-order valence-corrected chi connectivity index (χ0v) is 15.7. The maximum atomic E-state index is 11.6. The van der Waals surface area contributed by atoms with Crippen molar-refractivity contribution < 1.29 is 14.6 Å². The van der Waals surface area contributed by atoms with Crippen LogP contribution in [0.5, 0.6) is 5.75 Å². The third-order valence-corrected chi connectivity index (χ3v) is 4.85. The van der Waals surface area contributed by atoms with E-state index in [4.69, 9.17) is 4.74 Å². The molecule has 0 radical (unpaired) electrons. The van der Waals surface area contributed by atoms with Gasteiger partial charge in [-0.1, -0.05) is 36.9 Å². The molecule has 27 heavy (non-hydrogen) atoms. The smallest absolute Gasteiger partial charge is 0.214 e. The van der Waals surface area contributed by atoms with Gasteiger partial charge in [-0.2, -0.15) is 4.68 Å². The summed E-state index contributed by atoms with van der Waals surface area (Å²) in [6.45, 7) is 1.97. The van der Waals surface area contributed by atoms with Crippen molar-refractivity contribution in [3.05, 3.63) is 60.2 Å². The maximum Gasteiger partial charge on any atom is 0.214 e. The summed E-state index contributed by atoms with van der Waals surface area (Å²) in [5.74, 6) is 1.09. The molecule has 0 unspecified atom stereocenters. The van der Waals surface area contributed by atoms with Crippen molar-refractivity contribution in [3.63, 3.8) is 0 Å². The number of aromatic nitrogens is 4. The zero-order chi connectivity index (χ0) is 19.1. The highest BCUT2D eigenvalue weighted by atomic mass is 32.2. The number of tetrazole rings is 1. The van der Waals surface area contributed by atoms with Crippen LogP contribution in [-0.4, -0.2) is 49.6 Å². The molecule has 2 aromatic carbocycles. The van der Waals surface area contributed by atoms with Crippen molar-refractivity contribution in [2.24, 2.45) is 0 Å². The normalized spacial score (nSPS) is 11.9. The summed E-state index contributed by atoms with van der Waals surface area (Å²) in [6.07, 6.45) is -0.216. The average Bonchev–Trinajstić information content (AvgIpc) is 3.20. The van der Waals surface area contributed by atoms with E-state index in [1.165, 1.54) is 11.8 Å². The number of carbonyl (C=O) groups is 1. The summed E-state index contributed by atoms with van der Waals surface area (Å²) in [6, 6.07) is 16.5. The first-order valence-electron chi connectivity index (χ1n) is 8.58. The van der Waals surface area contributed by atoms with Gasteiger partial charge in [-0.05, 0) is 46.8 Å². The number of Topliss-reactive ketones (excluding diaryl/α,β-unsaturated/α-hetero) is 1. The van der Waals surface area contributed by atoms with E-state index < -0.39 is 6.10 Å². The number of thioether (sulfide) groups is 1. The summed E-state index contributed by atoms with van der Waals surface area (Å²) >= 11 is 1.35. The zero-order valence-electron chi connectivity index (χ0n) is 14.9. The number of hydrogen-bond donors (Lipinski definition) is 1. The molecule has 0 aliphatic heterocycles. The Labute approximate surface area is 161 Å². The number of nitrogens with zero attached hydrogens (tertiary/aromatic N) is 4. The second kappa shape index (κ2) is 9.29. The van der Waals surface area contributed by atoms with Crippen molar-refractivity contribution in [3.8, 4) is 11.4 Å². The van der Waals surface area contributed by atoms with E-state index >= 15 is 0 Å². The average molecular weight is 384 g/mol. The number of hydrogen-bond acceptors (Lipinski definition) is 7. The highest BCUT2D eigenvalue weighted by Gasteiger charge is 2.13. The lowest BCUT2D eigenvalue weighted by molar-refractivity contribution is 0.0987. The highest BCUT2D eigenvalue weighted by molar-refractivity contribution is 7.99. The van der Waals surface area contributed by atoms with Crippen molar-refractivity contribution in [1.29, 1.82) is 0 Å². The molecule has 1 N–H and O–H groups in total. The fourth-order valence-corrected chi connectivity index (χ4v) is 3.15. The summed E-state index contributed by atoms with van der Waals surface area (Å²) < 4.78 is 7.21. The van der Waals surface area contributed by atoms with Crippen molar-refractivity contribution in [2.75, 3.05) is 12.4 Å². The number of rotatable bonds is 9. The molecule has 0 aliphatic carbocycles. The Hall–Kier alpha value is -2.71. The standard InChI is InChI=1S/C19H20N4O3S/c1-2-18(25)14-8-10-17(11-9-14)26-12-16(24)13-27-19-20-21-22-23(19)15-6-4-3-5-7-15/h3-11,16,24H,2,12-13H2,1H3/t16-/m1/s1. The van der Waals surface area contributed by atoms with Gasteiger partial charge in [0, 0.05) is 17.7 Å². The fourth-order valence-electron chi connectivity index (χ4n) is 2.35. The number of aliphatic hydroxyl groups excluding tert-OH is 1. The van der Waals surface area contributed by atoms with Gasteiger partial charge in [0.25, 0.3) is 0 Å². The Kier molecular flexibility index (Phi) is 6.56. The van der Waals surface area contributed by atoms with Crippen LogP contribution in [0.1, 0.15) is 23.7 Å². The quantitative estimate of drug-likeness (QED) is 0.448. The molecule has 0 aliphatic rings. The highest BCUT2D eigenvalue weighted by Crippen LogP contribution is 2.19. The molecule has 8 heteroatoms. The van der Waals surface area contributed by atoms with Crippen molar-refractivity contribution in [2.45, 2.75) is 24.6 Å². The third kappa shape index (κ3) is 5.15. The van der Waals surface area contributed by atoms with Crippen LogP contribution in [0.3, 0.4) is 0 Å². The first-order valence-corrected chi connectivity index (χ1v) is 9.56. The van der Waals surface area contributed by atoms with E-state index in [0.29, 0.717) is 28.6 Å². The summed E-state index contributed by atoms with van der Waals surface area (Å²) in [5.41, 5.74) is 1.52. The summed E-state index contributed by atoms with van der Waals surface area (Å²) in [5, 5.41) is 22.5. The molecular weight excluding hydrogens is 364 g/mol. The second-order valence-corrected chi connectivity index (χ2v) is 6.77. The van der Waals surface area contributed by atoms with Crippen molar-refractivity contribution in [1.82, 2.24) is 20.2 Å². The molecule has 140 valence electrons. The predicted octanol–water partition coefficient (Wildman–Crippen LogP) is 2.79. The van der Waals surface area contributed by atoms with Crippen LogP contribution in [0.4, 0.5) is 0 Å². The molecular formula is C19H20N4O3S. The molecule has 3 aromatic rings. The van der Waals surface area contributed by atoms with Gasteiger partial charge in [-0.25, -0.2) is 0 Å². The van der Waals surface area contributed by atoms with Gasteiger partial charge < -0.3 is 9.84 Å². The van der Waals surface area contributed by atoms with Crippen LogP contribution in [0.15, 0.2) is 59.8 Å². The monoisotopic (exact) mass is 384 g/mol. The minimum absolute atomic E-state index is 0.0918. The Morgan fingerprint density at radius 1 is 1.19 bits per heavy atom. The Balaban J connectivity index is 1.50. The topological polar surface area (TPSA) is 90.1 Å². The SMILES string of the molecule is CCC(=O)c1ccc(OC[C@@H](O)CSc2nnnn2-c2ccccc2)cc1. The van der Waals surface area contributed by atoms with E-state index in [2.05, 4.69) is 15.5 Å². The molecule has 1 aromatic heterocycles. The van der Waals surface area contributed by atoms with Gasteiger partial charge in [0.2, 0.25) is 5.16 Å². The number of ether oxygens (including phenoxy) is 1. The minimum atomic E-state index is -0.687. The van der Waals surface area contributed by atoms with Crippen LogP contribution in [0.2, 0.25) is 0 Å². The van der Waals surface area contributed by atoms with E-state index in [9.17, 15) is 9.90 Å². The predicted molar refractivity (Wildman–Crippen MR) is 102 cm³/mol. The van der Waals surface area contributed by atoms with Crippen LogP contribution in [0, 0.1) is 0 Å². The molecule has 0 fully saturated rings. The van der Waals surface area contributed by atoms with Gasteiger partial charge in [-0.3, -0.25) is 4.79 Å². The maximum absolute atomic E-state index is 11.6. The molecule has 0 amide bonds. The van der Waals surface area contributed by atoms with E-state index in [1.54, 1.807) is 28.9 Å². The molecule has 1 heterocycles. The van der Waals surface area contributed by atoms with Gasteiger partial charge >= 0.3 is 0 Å². The lowest BCUT2D eigenvalue weighted by Crippen LogP contribution is -2.20. The van der Waals surface area contributed by atoms with Crippen molar-refractivity contribution >= 4 is 17.5 Å². The number of para-hydroxylation sites is 1. The molecule has 0 saturated heterocycles. The van der Waals surface area contributed by atoms with Crippen LogP contribution in [0.25, 0.3) is 5.69 Å². The molecule has 7 nitrogen and oxygen atoms in total. The van der Waals surface area contributed by atoms with E-state index in [1.807, 2.05) is 37.3 Å². The van der Waals surface area contributed by atoms with Gasteiger partial charge in [0.1, 0.15) is 12.4 Å². The molecule has 0 saturated carbocycles. The van der Waals surface area contributed by atoms with Gasteiger partial charge in [-0.15, -0.1) is 5.10 Å².